The molecule has 1 aromatic rings. The molecular formula is C12H19ClN2O2. The van der Waals surface area contributed by atoms with E-state index < -0.39 is 0 Å². The van der Waals surface area contributed by atoms with Crippen LogP contribution in [0, 0.1) is 12.8 Å². The van der Waals surface area contributed by atoms with Crippen molar-refractivity contribution in [1.82, 2.24) is 5.32 Å². The van der Waals surface area contributed by atoms with E-state index in [1.165, 1.54) is 0 Å². The van der Waals surface area contributed by atoms with Crippen LogP contribution in [0.2, 0.25) is 0 Å². The highest BCUT2D eigenvalue weighted by atomic mass is 35.5. The molecule has 1 saturated carbocycles. The summed E-state index contributed by atoms with van der Waals surface area (Å²) in [5, 5.41) is 3.00. The summed E-state index contributed by atoms with van der Waals surface area (Å²) in [6, 6.07) is 3.71. The lowest BCUT2D eigenvalue weighted by Gasteiger charge is -2.18. The Morgan fingerprint density at radius 3 is 2.88 bits per heavy atom. The van der Waals surface area contributed by atoms with E-state index in [2.05, 4.69) is 5.32 Å². The van der Waals surface area contributed by atoms with Crippen molar-refractivity contribution < 1.29 is 9.21 Å². The molecule has 2 rings (SSSR count). The molecule has 1 aromatic heterocycles. The predicted molar refractivity (Wildman–Crippen MR) is 68.3 cm³/mol. The average molecular weight is 259 g/mol. The van der Waals surface area contributed by atoms with Gasteiger partial charge < -0.3 is 15.5 Å². The summed E-state index contributed by atoms with van der Waals surface area (Å²) < 4.78 is 5.28. The van der Waals surface area contributed by atoms with Crippen LogP contribution in [0.25, 0.3) is 0 Å². The Kier molecular flexibility index (Phi) is 5.02. The van der Waals surface area contributed by atoms with E-state index in [1.807, 2.05) is 6.92 Å². The van der Waals surface area contributed by atoms with Crippen molar-refractivity contribution in [3.05, 3.63) is 23.7 Å². The Bertz CT molecular complexity index is 378. The van der Waals surface area contributed by atoms with Crippen LogP contribution in [-0.2, 0) is 0 Å². The molecule has 5 heteroatoms. The Morgan fingerprint density at radius 2 is 2.29 bits per heavy atom. The Balaban J connectivity index is 0.00000144. The molecule has 2 unspecified atom stereocenters. The van der Waals surface area contributed by atoms with Gasteiger partial charge in [-0.25, -0.2) is 0 Å². The van der Waals surface area contributed by atoms with E-state index in [0.717, 1.165) is 25.0 Å². The number of nitrogens with two attached hydrogens (primary N) is 1. The number of hydrogen-bond donors (Lipinski definition) is 2. The molecule has 0 aliphatic heterocycles. The van der Waals surface area contributed by atoms with Crippen molar-refractivity contribution in [2.45, 2.75) is 32.2 Å². The van der Waals surface area contributed by atoms with Crippen LogP contribution in [0.15, 0.2) is 16.5 Å². The zero-order chi connectivity index (χ0) is 11.5. The van der Waals surface area contributed by atoms with E-state index in [1.54, 1.807) is 12.1 Å². The molecule has 17 heavy (non-hydrogen) atoms. The quantitative estimate of drug-likeness (QED) is 0.870. The Labute approximate surface area is 107 Å². The van der Waals surface area contributed by atoms with Gasteiger partial charge in [0, 0.05) is 6.04 Å². The van der Waals surface area contributed by atoms with E-state index in [0.29, 0.717) is 18.2 Å². The normalized spacial score (nSPS) is 23.2. The first kappa shape index (κ1) is 14.1. The van der Waals surface area contributed by atoms with Gasteiger partial charge in [-0.3, -0.25) is 4.79 Å². The summed E-state index contributed by atoms with van der Waals surface area (Å²) in [7, 11) is 0. The number of aryl methyl sites for hydroxylation is 1. The van der Waals surface area contributed by atoms with Crippen LogP contribution in [0.4, 0.5) is 0 Å². The monoisotopic (exact) mass is 258 g/mol. The fourth-order valence-electron chi connectivity index (χ4n) is 2.31. The molecule has 1 fully saturated rings. The van der Waals surface area contributed by atoms with Gasteiger partial charge in [-0.2, -0.15) is 0 Å². The van der Waals surface area contributed by atoms with Crippen molar-refractivity contribution in [2.24, 2.45) is 11.7 Å². The molecule has 0 spiro atoms. The van der Waals surface area contributed by atoms with Crippen LogP contribution < -0.4 is 11.1 Å². The second-order valence-corrected chi connectivity index (χ2v) is 4.42. The molecular weight excluding hydrogens is 240 g/mol. The molecule has 4 nitrogen and oxygen atoms in total. The smallest absolute Gasteiger partial charge is 0.287 e. The number of hydrogen-bond acceptors (Lipinski definition) is 3. The van der Waals surface area contributed by atoms with Crippen molar-refractivity contribution in [3.63, 3.8) is 0 Å². The van der Waals surface area contributed by atoms with E-state index in [-0.39, 0.29) is 24.4 Å². The van der Waals surface area contributed by atoms with Crippen LogP contribution in [-0.4, -0.2) is 18.5 Å². The molecule has 0 radical (unpaired) electrons. The number of halogens is 1. The second kappa shape index (κ2) is 6.07. The summed E-state index contributed by atoms with van der Waals surface area (Å²) >= 11 is 0. The number of nitrogens with one attached hydrogen (secondary N) is 1. The van der Waals surface area contributed by atoms with Crippen LogP contribution in [0.1, 0.15) is 35.6 Å². The number of furan rings is 1. The lowest BCUT2D eigenvalue weighted by Crippen LogP contribution is -2.39. The Morgan fingerprint density at radius 1 is 1.53 bits per heavy atom. The predicted octanol–water partition coefficient (Wildman–Crippen LogP) is 1.87. The molecule has 0 saturated heterocycles. The highest BCUT2D eigenvalue weighted by Gasteiger charge is 2.28. The van der Waals surface area contributed by atoms with E-state index in [4.69, 9.17) is 10.2 Å². The summed E-state index contributed by atoms with van der Waals surface area (Å²) in [4.78, 5) is 11.8. The summed E-state index contributed by atoms with van der Waals surface area (Å²) in [6.07, 6.45) is 3.27. The minimum atomic E-state index is -0.126. The Hall–Kier alpha value is -1.00. The minimum Gasteiger partial charge on any atom is -0.456 e. The van der Waals surface area contributed by atoms with Crippen molar-refractivity contribution in [3.8, 4) is 0 Å². The maximum Gasteiger partial charge on any atom is 0.287 e. The first-order valence-corrected chi connectivity index (χ1v) is 5.78. The summed E-state index contributed by atoms with van der Waals surface area (Å²) in [6.45, 7) is 2.47. The molecule has 1 amide bonds. The molecule has 96 valence electrons. The first-order chi connectivity index (χ1) is 7.70. The van der Waals surface area contributed by atoms with Crippen LogP contribution in [0.3, 0.4) is 0 Å². The van der Waals surface area contributed by atoms with Crippen molar-refractivity contribution in [2.75, 3.05) is 6.54 Å². The zero-order valence-corrected chi connectivity index (χ0v) is 10.8. The van der Waals surface area contributed by atoms with Gasteiger partial charge in [-0.1, -0.05) is 6.42 Å². The number of carbonyl (C=O) groups is 1. The van der Waals surface area contributed by atoms with Gasteiger partial charge in [-0.15, -0.1) is 12.4 Å². The molecule has 0 bridgehead atoms. The number of carbonyl (C=O) groups excluding carboxylic acids is 1. The molecule has 1 aliphatic carbocycles. The molecule has 3 N–H and O–H groups in total. The van der Waals surface area contributed by atoms with Gasteiger partial charge in [0.15, 0.2) is 5.76 Å². The molecule has 1 aliphatic rings. The minimum absolute atomic E-state index is 0. The van der Waals surface area contributed by atoms with E-state index >= 15 is 0 Å². The molecule has 0 aromatic carbocycles. The SMILES string of the molecule is Cc1ccc(C(=O)NC2CCCC2CN)o1.Cl. The van der Waals surface area contributed by atoms with Crippen molar-refractivity contribution >= 4 is 18.3 Å². The lowest BCUT2D eigenvalue weighted by atomic mass is 10.0. The maximum absolute atomic E-state index is 11.8. The fraction of sp³-hybridized carbons (Fsp3) is 0.583. The standard InChI is InChI=1S/C12H18N2O2.ClH/c1-8-5-6-11(16-8)12(15)14-10-4-2-3-9(10)7-13;/h5-6,9-10H,2-4,7,13H2,1H3,(H,14,15);1H. The fourth-order valence-corrected chi connectivity index (χ4v) is 2.31. The van der Waals surface area contributed by atoms with Gasteiger partial charge >= 0.3 is 0 Å². The molecule has 2 atom stereocenters. The van der Waals surface area contributed by atoms with Crippen LogP contribution >= 0.6 is 12.4 Å². The maximum atomic E-state index is 11.8. The third kappa shape index (κ3) is 3.23. The average Bonchev–Trinajstić information content (AvgIpc) is 2.86. The van der Waals surface area contributed by atoms with Gasteiger partial charge in [0.1, 0.15) is 5.76 Å². The van der Waals surface area contributed by atoms with Crippen LogP contribution in [0.5, 0.6) is 0 Å². The number of amides is 1. The van der Waals surface area contributed by atoms with Gasteiger partial charge in [0.05, 0.1) is 0 Å². The third-order valence-corrected chi connectivity index (χ3v) is 3.24. The second-order valence-electron chi connectivity index (χ2n) is 4.42. The van der Waals surface area contributed by atoms with Gasteiger partial charge in [0.25, 0.3) is 5.91 Å². The highest BCUT2D eigenvalue weighted by Crippen LogP contribution is 2.24. The topological polar surface area (TPSA) is 68.3 Å². The third-order valence-electron chi connectivity index (χ3n) is 3.24. The summed E-state index contributed by atoms with van der Waals surface area (Å²) in [5.74, 6) is 1.44. The van der Waals surface area contributed by atoms with Crippen molar-refractivity contribution in [1.29, 1.82) is 0 Å². The zero-order valence-electron chi connectivity index (χ0n) is 9.94. The first-order valence-electron chi connectivity index (χ1n) is 5.78. The largest absolute Gasteiger partial charge is 0.456 e. The number of rotatable bonds is 3. The lowest BCUT2D eigenvalue weighted by molar-refractivity contribution is 0.0899. The highest BCUT2D eigenvalue weighted by molar-refractivity contribution is 5.91. The molecule has 1 heterocycles. The van der Waals surface area contributed by atoms with Gasteiger partial charge in [0.2, 0.25) is 0 Å². The van der Waals surface area contributed by atoms with E-state index in [9.17, 15) is 4.79 Å². The van der Waals surface area contributed by atoms with Gasteiger partial charge in [-0.05, 0) is 44.4 Å². The summed E-state index contributed by atoms with van der Waals surface area (Å²) in [5.41, 5.74) is 5.67.